The smallest absolute Gasteiger partial charge is 0.362 e. The number of carbonyl (C=O) groups is 2. The van der Waals surface area contributed by atoms with Crippen LogP contribution in [0.3, 0.4) is 0 Å². The largest absolute Gasteiger partial charge is 0.464 e. The normalized spacial score (nSPS) is 11.8. The number of esters is 1. The number of amides is 1. The van der Waals surface area contributed by atoms with Gasteiger partial charge in [-0.2, -0.15) is 12.6 Å². The van der Waals surface area contributed by atoms with E-state index in [9.17, 15) is 19.7 Å². The number of hydrogen-bond acceptors (Lipinski definition) is 7. The molecule has 0 unspecified atom stereocenters. The van der Waals surface area contributed by atoms with Crippen molar-refractivity contribution >= 4 is 41.9 Å². The Morgan fingerprint density at radius 3 is 2.75 bits per heavy atom. The topological polar surface area (TPSA) is 127 Å². The summed E-state index contributed by atoms with van der Waals surface area (Å²) in [7, 11) is 0. The number of hydrogen-bond donors (Lipinski definition) is 3. The van der Waals surface area contributed by atoms with E-state index in [0.717, 1.165) is 0 Å². The predicted molar refractivity (Wildman–Crippen MR) is 72.0 cm³/mol. The number of nitro groups is 1. The highest BCUT2D eigenvalue weighted by Crippen LogP contribution is 2.24. The maximum Gasteiger partial charge on any atom is 0.362 e. The maximum atomic E-state index is 11.8. The summed E-state index contributed by atoms with van der Waals surface area (Å²) in [6.45, 7) is 1.76. The maximum absolute atomic E-state index is 11.8. The molecule has 110 valence electrons. The van der Waals surface area contributed by atoms with Crippen LogP contribution in [0.1, 0.15) is 17.4 Å². The van der Waals surface area contributed by atoms with Crippen LogP contribution in [0.4, 0.5) is 5.82 Å². The molecule has 1 aromatic heterocycles. The van der Waals surface area contributed by atoms with Gasteiger partial charge in [0.1, 0.15) is 6.04 Å². The van der Waals surface area contributed by atoms with Gasteiger partial charge in [0.2, 0.25) is 0 Å². The number of H-pyrrole nitrogens is 1. The van der Waals surface area contributed by atoms with Crippen LogP contribution >= 0.6 is 24.2 Å². The Bertz CT molecular complexity index is 534. The predicted octanol–water partition coefficient (Wildman–Crippen LogP) is 0.563. The van der Waals surface area contributed by atoms with Crippen molar-refractivity contribution in [3.8, 4) is 0 Å². The Balaban J connectivity index is 2.85. The molecule has 20 heavy (non-hydrogen) atoms. The fourth-order valence-electron chi connectivity index (χ4n) is 1.24. The van der Waals surface area contributed by atoms with Gasteiger partial charge in [-0.25, -0.2) is 4.79 Å². The molecule has 0 saturated heterocycles. The third-order valence-electron chi connectivity index (χ3n) is 2.15. The lowest BCUT2D eigenvalue weighted by atomic mass is 10.3. The first-order valence-electron chi connectivity index (χ1n) is 5.38. The zero-order valence-electron chi connectivity index (χ0n) is 10.3. The van der Waals surface area contributed by atoms with Gasteiger partial charge in [-0.05, 0) is 11.8 Å². The van der Waals surface area contributed by atoms with Gasteiger partial charge in [-0.1, -0.05) is 16.7 Å². The molecule has 2 N–H and O–H groups in total. The fourth-order valence-corrected chi connectivity index (χ4v) is 1.72. The van der Waals surface area contributed by atoms with Crippen molar-refractivity contribution in [2.45, 2.75) is 13.0 Å². The van der Waals surface area contributed by atoms with Crippen molar-refractivity contribution in [2.75, 3.05) is 12.4 Å². The Morgan fingerprint density at radius 2 is 2.30 bits per heavy atom. The van der Waals surface area contributed by atoms with Gasteiger partial charge < -0.3 is 20.2 Å². The fraction of sp³-hybridized carbons (Fsp3) is 0.444. The molecule has 0 aromatic carbocycles. The standard InChI is InChI=1S/C9H11ClN4O5S/c1-2-19-9(16)4(3-20)11-8(15)6-5(10)7(13-12-6)14(17)18/h4,20H,2-3H2,1H3,(H,11,15)(H,12,13)/t4-/m0/s1. The highest BCUT2D eigenvalue weighted by atomic mass is 35.5. The Hall–Kier alpha value is -1.81. The van der Waals surface area contributed by atoms with E-state index in [4.69, 9.17) is 16.3 Å². The molecule has 0 aliphatic carbocycles. The molecule has 1 amide bonds. The van der Waals surface area contributed by atoms with Gasteiger partial charge in [-0.15, -0.1) is 5.10 Å². The number of aromatic nitrogens is 2. The van der Waals surface area contributed by atoms with Crippen molar-refractivity contribution in [3.63, 3.8) is 0 Å². The lowest BCUT2D eigenvalue weighted by molar-refractivity contribution is -0.389. The third-order valence-corrected chi connectivity index (χ3v) is 2.87. The molecule has 0 radical (unpaired) electrons. The second-order valence-electron chi connectivity index (χ2n) is 3.45. The molecule has 0 saturated carbocycles. The van der Waals surface area contributed by atoms with Crippen LogP contribution in [0.5, 0.6) is 0 Å². The van der Waals surface area contributed by atoms with Crippen molar-refractivity contribution in [1.29, 1.82) is 0 Å². The molecule has 0 spiro atoms. The van der Waals surface area contributed by atoms with Gasteiger partial charge in [0.15, 0.2) is 10.7 Å². The van der Waals surface area contributed by atoms with E-state index in [1.54, 1.807) is 6.92 Å². The lowest BCUT2D eigenvalue weighted by Gasteiger charge is -2.13. The summed E-state index contributed by atoms with van der Waals surface area (Å²) in [5, 5.41) is 17.9. The quantitative estimate of drug-likeness (QED) is 0.304. The Morgan fingerprint density at radius 1 is 1.65 bits per heavy atom. The molecule has 1 aromatic rings. The second-order valence-corrected chi connectivity index (χ2v) is 4.20. The van der Waals surface area contributed by atoms with E-state index >= 15 is 0 Å². The van der Waals surface area contributed by atoms with Gasteiger partial charge in [-0.3, -0.25) is 4.79 Å². The summed E-state index contributed by atoms with van der Waals surface area (Å²) < 4.78 is 4.73. The second kappa shape index (κ2) is 7.10. The van der Waals surface area contributed by atoms with Crippen molar-refractivity contribution in [3.05, 3.63) is 20.8 Å². The summed E-state index contributed by atoms with van der Waals surface area (Å²) in [4.78, 5) is 33.1. The molecule has 0 bridgehead atoms. The minimum Gasteiger partial charge on any atom is -0.464 e. The van der Waals surface area contributed by atoms with E-state index in [-0.39, 0.29) is 18.1 Å². The molecule has 9 nitrogen and oxygen atoms in total. The first-order chi connectivity index (χ1) is 9.42. The van der Waals surface area contributed by atoms with Crippen molar-refractivity contribution in [1.82, 2.24) is 15.5 Å². The molecule has 0 aliphatic heterocycles. The molecule has 1 heterocycles. The number of ether oxygens (including phenoxy) is 1. The minimum absolute atomic E-state index is 0.00525. The average molecular weight is 323 g/mol. The lowest BCUT2D eigenvalue weighted by Crippen LogP contribution is -2.43. The van der Waals surface area contributed by atoms with Crippen LogP contribution in [0.25, 0.3) is 0 Å². The SMILES string of the molecule is CCOC(=O)[C@H](CS)NC(=O)c1n[nH]c([N+](=O)[O-])c1Cl. The van der Waals surface area contributed by atoms with Gasteiger partial charge in [0.05, 0.1) is 6.61 Å². The monoisotopic (exact) mass is 322 g/mol. The van der Waals surface area contributed by atoms with Gasteiger partial charge in [0.25, 0.3) is 5.91 Å². The zero-order valence-corrected chi connectivity index (χ0v) is 11.9. The summed E-state index contributed by atoms with van der Waals surface area (Å²) in [6.07, 6.45) is 0. The number of carbonyl (C=O) groups excluding carboxylic acids is 2. The van der Waals surface area contributed by atoms with E-state index in [2.05, 4.69) is 23.0 Å². The van der Waals surface area contributed by atoms with Crippen LogP contribution in [-0.2, 0) is 9.53 Å². The van der Waals surface area contributed by atoms with Crippen molar-refractivity contribution in [2.24, 2.45) is 0 Å². The average Bonchev–Trinajstić information content (AvgIpc) is 2.77. The number of halogens is 1. The van der Waals surface area contributed by atoms with Crippen LogP contribution in [0.2, 0.25) is 5.02 Å². The van der Waals surface area contributed by atoms with Crippen LogP contribution < -0.4 is 5.32 Å². The summed E-state index contributed by atoms with van der Waals surface area (Å²) >= 11 is 9.56. The molecular formula is C9H11ClN4O5S. The van der Waals surface area contributed by atoms with Gasteiger partial charge in [0, 0.05) is 5.75 Å². The number of aromatic amines is 1. The third kappa shape index (κ3) is 3.61. The molecule has 11 heteroatoms. The van der Waals surface area contributed by atoms with Crippen LogP contribution in [0, 0.1) is 10.1 Å². The number of thiol groups is 1. The number of nitrogens with one attached hydrogen (secondary N) is 2. The van der Waals surface area contributed by atoms with E-state index in [0.29, 0.717) is 0 Å². The molecule has 0 aliphatic rings. The van der Waals surface area contributed by atoms with E-state index in [1.165, 1.54) is 0 Å². The van der Waals surface area contributed by atoms with Crippen LogP contribution in [-0.4, -0.2) is 45.4 Å². The highest BCUT2D eigenvalue weighted by molar-refractivity contribution is 7.80. The van der Waals surface area contributed by atoms with Gasteiger partial charge >= 0.3 is 11.8 Å². The molecule has 1 rings (SSSR count). The molecule has 1 atom stereocenters. The molecule has 0 fully saturated rings. The number of nitrogens with zero attached hydrogens (tertiary/aromatic N) is 2. The Labute approximate surface area is 123 Å². The first-order valence-corrected chi connectivity index (χ1v) is 6.40. The first kappa shape index (κ1) is 16.2. The van der Waals surface area contributed by atoms with E-state index in [1.807, 2.05) is 5.10 Å². The number of rotatable bonds is 6. The summed E-state index contributed by atoms with van der Waals surface area (Å²) in [5.41, 5.74) is -0.380. The Kier molecular flexibility index (Phi) is 5.77. The molecular weight excluding hydrogens is 312 g/mol. The summed E-state index contributed by atoms with van der Waals surface area (Å²) in [6, 6.07) is -1.00. The van der Waals surface area contributed by atoms with Crippen molar-refractivity contribution < 1.29 is 19.2 Å². The van der Waals surface area contributed by atoms with Crippen LogP contribution in [0.15, 0.2) is 0 Å². The zero-order chi connectivity index (χ0) is 15.3. The minimum atomic E-state index is -1.00. The summed E-state index contributed by atoms with van der Waals surface area (Å²) in [5.74, 6) is -2.12. The van der Waals surface area contributed by atoms with E-state index < -0.39 is 33.7 Å². The highest BCUT2D eigenvalue weighted by Gasteiger charge is 2.28.